The Bertz CT molecular complexity index is 613. The zero-order valence-electron chi connectivity index (χ0n) is 16.1. The van der Waals surface area contributed by atoms with E-state index >= 15 is 0 Å². The van der Waals surface area contributed by atoms with Gasteiger partial charge in [0.1, 0.15) is 6.61 Å². The van der Waals surface area contributed by atoms with Gasteiger partial charge in [0.25, 0.3) is 0 Å². The third kappa shape index (κ3) is 3.84. The van der Waals surface area contributed by atoms with Crippen LogP contribution in [0.3, 0.4) is 0 Å². The van der Waals surface area contributed by atoms with Crippen LogP contribution in [0.4, 0.5) is 0 Å². The first-order chi connectivity index (χ1) is 10.8. The Balaban J connectivity index is 2.17. The lowest BCUT2D eigenvalue weighted by Gasteiger charge is -2.32. The van der Waals surface area contributed by atoms with Gasteiger partial charge >= 0.3 is 13.1 Å². The molecule has 1 fully saturated rings. The summed E-state index contributed by atoms with van der Waals surface area (Å²) in [5.74, 6) is -0.206. The molecule has 0 radical (unpaired) electrons. The number of carbonyl (C=O) groups is 1. The molecule has 1 saturated heterocycles. The van der Waals surface area contributed by atoms with Crippen molar-refractivity contribution in [3.8, 4) is 0 Å². The van der Waals surface area contributed by atoms with Crippen LogP contribution in [0, 0.1) is 12.3 Å². The minimum atomic E-state index is -0.503. The van der Waals surface area contributed by atoms with Gasteiger partial charge in [0.15, 0.2) is 0 Å². The van der Waals surface area contributed by atoms with E-state index in [1.54, 1.807) is 0 Å². The lowest BCUT2D eigenvalue weighted by atomic mass is 9.78. The molecule has 0 N–H and O–H groups in total. The molecule has 0 bridgehead atoms. The molecule has 0 aliphatic carbocycles. The molecular formula is C19H29BO4. The maximum atomic E-state index is 12.0. The molecule has 2 rings (SSSR count). The molecule has 1 aliphatic heterocycles. The van der Waals surface area contributed by atoms with E-state index in [0.717, 1.165) is 16.6 Å². The molecule has 132 valence electrons. The Hall–Kier alpha value is -1.33. The summed E-state index contributed by atoms with van der Waals surface area (Å²) in [4.78, 5) is 12.0. The summed E-state index contributed by atoms with van der Waals surface area (Å²) in [5.41, 5.74) is 1.75. The third-order valence-corrected chi connectivity index (χ3v) is 4.87. The van der Waals surface area contributed by atoms with Gasteiger partial charge in [-0.25, -0.2) is 0 Å². The smallest absolute Gasteiger partial charge is 0.460 e. The lowest BCUT2D eigenvalue weighted by Crippen LogP contribution is -2.41. The van der Waals surface area contributed by atoms with Gasteiger partial charge in [-0.05, 0) is 72.0 Å². The number of aryl methyl sites for hydroxylation is 1. The molecule has 1 aliphatic rings. The fraction of sp³-hybridized carbons (Fsp3) is 0.632. The van der Waals surface area contributed by atoms with Gasteiger partial charge in [-0.1, -0.05) is 18.2 Å². The molecule has 4 nitrogen and oxygen atoms in total. The molecule has 5 heteroatoms. The highest BCUT2D eigenvalue weighted by molar-refractivity contribution is 6.62. The summed E-state index contributed by atoms with van der Waals surface area (Å²) < 4.78 is 17.6. The Morgan fingerprint density at radius 1 is 1.12 bits per heavy atom. The van der Waals surface area contributed by atoms with Crippen LogP contribution < -0.4 is 5.46 Å². The van der Waals surface area contributed by atoms with Crippen molar-refractivity contribution in [2.24, 2.45) is 5.41 Å². The summed E-state index contributed by atoms with van der Waals surface area (Å²) in [6, 6.07) is 6.03. The van der Waals surface area contributed by atoms with Crippen molar-refractivity contribution in [3.63, 3.8) is 0 Å². The summed E-state index contributed by atoms with van der Waals surface area (Å²) >= 11 is 0. The highest BCUT2D eigenvalue weighted by Crippen LogP contribution is 2.36. The van der Waals surface area contributed by atoms with Crippen molar-refractivity contribution in [2.45, 2.75) is 73.2 Å². The van der Waals surface area contributed by atoms with Crippen molar-refractivity contribution >= 4 is 18.6 Å². The molecular weight excluding hydrogens is 303 g/mol. The average Bonchev–Trinajstić information content (AvgIpc) is 2.65. The van der Waals surface area contributed by atoms with E-state index in [1.165, 1.54) is 0 Å². The highest BCUT2D eigenvalue weighted by atomic mass is 16.7. The Morgan fingerprint density at radius 2 is 1.67 bits per heavy atom. The Morgan fingerprint density at radius 3 is 2.17 bits per heavy atom. The summed E-state index contributed by atoms with van der Waals surface area (Å²) in [6.45, 7) is 16.0. The van der Waals surface area contributed by atoms with Crippen LogP contribution in [0.5, 0.6) is 0 Å². The molecule has 24 heavy (non-hydrogen) atoms. The molecule has 1 aromatic rings. The van der Waals surface area contributed by atoms with Gasteiger partial charge < -0.3 is 14.0 Å². The van der Waals surface area contributed by atoms with Crippen LogP contribution in [0.15, 0.2) is 18.2 Å². The predicted molar refractivity (Wildman–Crippen MR) is 96.1 cm³/mol. The van der Waals surface area contributed by atoms with Crippen molar-refractivity contribution in [1.29, 1.82) is 0 Å². The largest absolute Gasteiger partial charge is 0.494 e. The Labute approximate surface area is 146 Å². The number of ether oxygens (including phenoxy) is 1. The minimum Gasteiger partial charge on any atom is -0.460 e. The summed E-state index contributed by atoms with van der Waals surface area (Å²) in [5, 5.41) is 0. The quantitative estimate of drug-likeness (QED) is 0.629. The third-order valence-electron chi connectivity index (χ3n) is 4.87. The number of esters is 1. The highest BCUT2D eigenvalue weighted by Gasteiger charge is 2.51. The normalized spacial score (nSPS) is 19.4. The Kier molecular flexibility index (Phi) is 4.91. The van der Waals surface area contributed by atoms with Crippen LogP contribution in [0.1, 0.15) is 59.6 Å². The second-order valence-electron chi connectivity index (χ2n) is 8.60. The zero-order chi connectivity index (χ0) is 18.3. The second-order valence-corrected chi connectivity index (χ2v) is 8.60. The van der Waals surface area contributed by atoms with Crippen molar-refractivity contribution in [3.05, 3.63) is 29.3 Å². The molecule has 1 heterocycles. The number of rotatable bonds is 3. The van der Waals surface area contributed by atoms with Gasteiger partial charge in [-0.15, -0.1) is 0 Å². The van der Waals surface area contributed by atoms with Gasteiger partial charge in [0.2, 0.25) is 0 Å². The SMILES string of the molecule is Cc1ccc(B2OC(C)(C)C(C)(C)O2)cc1COC(=O)C(C)(C)C. The second kappa shape index (κ2) is 6.19. The van der Waals surface area contributed by atoms with E-state index in [-0.39, 0.29) is 23.8 Å². The van der Waals surface area contributed by atoms with Gasteiger partial charge in [-0.2, -0.15) is 0 Å². The van der Waals surface area contributed by atoms with Crippen LogP contribution in [-0.2, 0) is 25.4 Å². The lowest BCUT2D eigenvalue weighted by molar-refractivity contribution is -0.154. The minimum absolute atomic E-state index is 0.206. The van der Waals surface area contributed by atoms with E-state index < -0.39 is 12.5 Å². The van der Waals surface area contributed by atoms with Gasteiger partial charge in [0, 0.05) is 0 Å². The standard InChI is InChI=1S/C19H29BO4/c1-13-9-10-15(20-23-18(5,6)19(7,8)24-20)11-14(13)12-22-16(21)17(2,3)4/h9-11H,12H2,1-8H3. The van der Waals surface area contributed by atoms with Crippen molar-refractivity contribution in [2.75, 3.05) is 0 Å². The summed E-state index contributed by atoms with van der Waals surface area (Å²) in [6.07, 6.45) is 0. The fourth-order valence-electron chi connectivity index (χ4n) is 2.33. The molecule has 0 unspecified atom stereocenters. The van der Waals surface area contributed by atoms with E-state index in [9.17, 15) is 4.79 Å². The van der Waals surface area contributed by atoms with E-state index in [0.29, 0.717) is 0 Å². The first-order valence-electron chi connectivity index (χ1n) is 8.46. The predicted octanol–water partition coefficient (Wildman–Crippen LogP) is 3.38. The molecule has 0 amide bonds. The molecule has 0 atom stereocenters. The number of hydrogen-bond donors (Lipinski definition) is 0. The number of hydrogen-bond acceptors (Lipinski definition) is 4. The van der Waals surface area contributed by atoms with Crippen LogP contribution in [0.25, 0.3) is 0 Å². The van der Waals surface area contributed by atoms with Crippen LogP contribution in [-0.4, -0.2) is 24.3 Å². The average molecular weight is 332 g/mol. The first-order valence-corrected chi connectivity index (χ1v) is 8.46. The number of benzene rings is 1. The first kappa shape index (κ1) is 19.0. The van der Waals surface area contributed by atoms with Gasteiger partial charge in [0.05, 0.1) is 16.6 Å². The maximum absolute atomic E-state index is 12.0. The zero-order valence-corrected chi connectivity index (χ0v) is 16.1. The van der Waals surface area contributed by atoms with Gasteiger partial charge in [-0.3, -0.25) is 4.79 Å². The molecule has 1 aromatic carbocycles. The van der Waals surface area contributed by atoms with E-state index in [2.05, 4.69) is 0 Å². The van der Waals surface area contributed by atoms with Crippen molar-refractivity contribution in [1.82, 2.24) is 0 Å². The molecule has 0 saturated carbocycles. The van der Waals surface area contributed by atoms with Crippen molar-refractivity contribution < 1.29 is 18.8 Å². The van der Waals surface area contributed by atoms with Crippen LogP contribution >= 0.6 is 0 Å². The maximum Gasteiger partial charge on any atom is 0.494 e. The molecule has 0 aromatic heterocycles. The number of carbonyl (C=O) groups excluding carboxylic acids is 1. The van der Waals surface area contributed by atoms with Crippen LogP contribution in [0.2, 0.25) is 0 Å². The van der Waals surface area contributed by atoms with E-state index in [1.807, 2.05) is 73.6 Å². The van der Waals surface area contributed by atoms with E-state index in [4.69, 9.17) is 14.0 Å². The summed E-state index contributed by atoms with van der Waals surface area (Å²) in [7, 11) is -0.410. The monoisotopic (exact) mass is 332 g/mol. The topological polar surface area (TPSA) is 44.8 Å². The molecule has 0 spiro atoms. The fourth-order valence-corrected chi connectivity index (χ4v) is 2.33.